The highest BCUT2D eigenvalue weighted by Crippen LogP contribution is 2.38. The molecule has 30 heavy (non-hydrogen) atoms. The first-order valence-electron chi connectivity index (χ1n) is 8.97. The highest BCUT2D eigenvalue weighted by atomic mass is 32.2. The molecule has 1 amide bonds. The Balaban J connectivity index is 2.04. The van der Waals surface area contributed by atoms with Crippen molar-refractivity contribution in [3.63, 3.8) is 0 Å². The first-order valence-corrected chi connectivity index (χ1v) is 9.78. The van der Waals surface area contributed by atoms with E-state index in [-0.39, 0.29) is 22.9 Å². The fraction of sp³-hybridized carbons (Fsp3) is 0.190. The summed E-state index contributed by atoms with van der Waals surface area (Å²) in [5.74, 6) is -0.606. The number of phenolic OH excluding ortho intramolecular Hbond substituents is 1. The maximum atomic E-state index is 12.9. The number of nitrogens with zero attached hydrogens (tertiary/aromatic N) is 2. The molecule has 1 saturated heterocycles. The van der Waals surface area contributed by atoms with Gasteiger partial charge in [0, 0.05) is 12.1 Å². The van der Waals surface area contributed by atoms with E-state index in [9.17, 15) is 19.8 Å². The van der Waals surface area contributed by atoms with Crippen molar-refractivity contribution in [1.29, 1.82) is 0 Å². The van der Waals surface area contributed by atoms with E-state index < -0.39 is 5.97 Å². The topological polar surface area (TPSA) is 109 Å². The van der Waals surface area contributed by atoms with E-state index in [1.165, 1.54) is 31.3 Å². The summed E-state index contributed by atoms with van der Waals surface area (Å²) in [6.07, 6.45) is 1.69. The molecule has 0 atom stereocenters. The van der Waals surface area contributed by atoms with Crippen molar-refractivity contribution in [2.24, 2.45) is 4.99 Å². The summed E-state index contributed by atoms with van der Waals surface area (Å²) < 4.78 is 10.7. The molecular weight excluding hydrogens is 408 g/mol. The fourth-order valence-corrected chi connectivity index (χ4v) is 3.98. The number of amidine groups is 1. The highest BCUT2D eigenvalue weighted by Gasteiger charge is 2.33. The maximum absolute atomic E-state index is 12.9. The number of carboxylic acid groups (broad SMARTS) is 1. The molecule has 156 valence electrons. The molecule has 0 aliphatic carbocycles. The maximum Gasteiger partial charge on any atom is 0.338 e. The number of para-hydroxylation sites is 1. The van der Waals surface area contributed by atoms with E-state index >= 15 is 0 Å². The number of thioether (sulfide) groups is 1. The lowest BCUT2D eigenvalue weighted by Gasteiger charge is -2.12. The molecule has 0 aromatic heterocycles. The predicted octanol–water partition coefficient (Wildman–Crippen LogP) is 3.73. The number of carbonyl (C=O) groups excluding carboxylic acids is 1. The molecule has 9 heteroatoms. The number of carboxylic acids is 1. The Bertz CT molecular complexity index is 1060. The molecule has 1 aliphatic rings. The summed E-state index contributed by atoms with van der Waals surface area (Å²) in [6.45, 7) is 2.16. The van der Waals surface area contributed by atoms with E-state index in [0.717, 1.165) is 17.8 Å². The summed E-state index contributed by atoms with van der Waals surface area (Å²) >= 11 is 1.13. The number of ether oxygens (including phenoxy) is 2. The number of rotatable bonds is 6. The average Bonchev–Trinajstić information content (AvgIpc) is 3.02. The molecule has 0 saturated carbocycles. The molecule has 3 rings (SSSR count). The Morgan fingerprint density at radius 2 is 2.00 bits per heavy atom. The molecule has 2 aromatic carbocycles. The normalized spacial score (nSPS) is 16.4. The number of phenols is 1. The van der Waals surface area contributed by atoms with E-state index in [2.05, 4.69) is 4.99 Å². The van der Waals surface area contributed by atoms with E-state index in [0.29, 0.717) is 33.7 Å². The number of benzene rings is 2. The standard InChI is InChI=1S/C21H20N2O6S/c1-4-23-19(25)17(10-12-6-5-7-16(28-2)18(12)29-3)30-21(23)22-15-9-8-13(24)11-14(15)20(26)27/h5-11,24H,4H2,1-3H3,(H,26,27)/b17-10-,22-21?. The number of methoxy groups -OCH3 is 2. The second kappa shape index (κ2) is 8.91. The van der Waals surface area contributed by atoms with Gasteiger partial charge in [0.1, 0.15) is 5.75 Å². The molecule has 2 N–H and O–H groups in total. The zero-order valence-corrected chi connectivity index (χ0v) is 17.4. The zero-order chi connectivity index (χ0) is 21.8. The SMILES string of the molecule is CCN1C(=O)/C(=C/c2cccc(OC)c2OC)SC1=Nc1ccc(O)cc1C(=O)O. The molecule has 1 heterocycles. The number of aromatic hydroxyl groups is 1. The van der Waals surface area contributed by atoms with Gasteiger partial charge in [-0.2, -0.15) is 0 Å². The minimum absolute atomic E-state index is 0.147. The number of amides is 1. The molecule has 0 bridgehead atoms. The van der Waals surface area contributed by atoms with Gasteiger partial charge < -0.3 is 19.7 Å². The predicted molar refractivity (Wildman–Crippen MR) is 115 cm³/mol. The number of hydrogen-bond donors (Lipinski definition) is 2. The van der Waals surface area contributed by atoms with Crippen LogP contribution in [0.1, 0.15) is 22.8 Å². The van der Waals surface area contributed by atoms with Crippen molar-refractivity contribution in [3.05, 3.63) is 52.4 Å². The second-order valence-electron chi connectivity index (χ2n) is 6.14. The monoisotopic (exact) mass is 428 g/mol. The van der Waals surface area contributed by atoms with Crippen LogP contribution >= 0.6 is 11.8 Å². The number of likely N-dealkylation sites (N-methyl/N-ethyl adjacent to an activating group) is 1. The molecule has 0 unspecified atom stereocenters. The molecule has 1 fully saturated rings. The highest BCUT2D eigenvalue weighted by molar-refractivity contribution is 8.18. The van der Waals surface area contributed by atoms with Crippen LogP contribution in [0.2, 0.25) is 0 Å². The average molecular weight is 428 g/mol. The molecule has 8 nitrogen and oxygen atoms in total. The minimum Gasteiger partial charge on any atom is -0.508 e. The van der Waals surface area contributed by atoms with Gasteiger partial charge >= 0.3 is 5.97 Å². The zero-order valence-electron chi connectivity index (χ0n) is 16.6. The van der Waals surface area contributed by atoms with E-state index in [4.69, 9.17) is 9.47 Å². The fourth-order valence-electron chi connectivity index (χ4n) is 2.93. The van der Waals surface area contributed by atoms with Crippen LogP contribution in [0.5, 0.6) is 17.2 Å². The van der Waals surface area contributed by atoms with Gasteiger partial charge in [0.15, 0.2) is 16.7 Å². The Labute approximate surface area is 177 Å². The van der Waals surface area contributed by atoms with Crippen molar-refractivity contribution >= 4 is 40.6 Å². The summed E-state index contributed by atoms with van der Waals surface area (Å²) in [7, 11) is 3.05. The number of aromatic carboxylic acids is 1. The third-order valence-electron chi connectivity index (χ3n) is 4.35. The lowest BCUT2D eigenvalue weighted by atomic mass is 10.1. The minimum atomic E-state index is -1.22. The Morgan fingerprint density at radius 3 is 2.63 bits per heavy atom. The number of carbonyl (C=O) groups is 2. The van der Waals surface area contributed by atoms with Gasteiger partial charge in [0.2, 0.25) is 0 Å². The molecule has 1 aliphatic heterocycles. The van der Waals surface area contributed by atoms with E-state index in [1.54, 1.807) is 31.2 Å². The first-order chi connectivity index (χ1) is 14.4. The van der Waals surface area contributed by atoms with Crippen molar-refractivity contribution in [2.75, 3.05) is 20.8 Å². The third kappa shape index (κ3) is 4.11. The smallest absolute Gasteiger partial charge is 0.338 e. The number of aliphatic imine (C=N–C) groups is 1. The summed E-state index contributed by atoms with van der Waals surface area (Å²) in [5.41, 5.74) is 0.661. The largest absolute Gasteiger partial charge is 0.508 e. The van der Waals surface area contributed by atoms with Gasteiger partial charge in [0.25, 0.3) is 5.91 Å². The lowest BCUT2D eigenvalue weighted by Crippen LogP contribution is -2.28. The van der Waals surface area contributed by atoms with Gasteiger partial charge in [-0.25, -0.2) is 9.79 Å². The Kier molecular flexibility index (Phi) is 6.31. The van der Waals surface area contributed by atoms with Crippen molar-refractivity contribution in [3.8, 4) is 17.2 Å². The van der Waals surface area contributed by atoms with Crippen LogP contribution in [0.15, 0.2) is 46.3 Å². The van der Waals surface area contributed by atoms with Crippen LogP contribution in [0, 0.1) is 0 Å². The second-order valence-corrected chi connectivity index (χ2v) is 7.15. The van der Waals surface area contributed by atoms with Gasteiger partial charge in [-0.05, 0) is 49.0 Å². The Morgan fingerprint density at radius 1 is 1.23 bits per heavy atom. The molecule has 0 radical (unpaired) electrons. The van der Waals surface area contributed by atoms with Crippen LogP contribution in [0.25, 0.3) is 6.08 Å². The van der Waals surface area contributed by atoms with Gasteiger partial charge in [-0.3, -0.25) is 9.69 Å². The summed E-state index contributed by atoms with van der Waals surface area (Å²) in [4.78, 5) is 30.7. The summed E-state index contributed by atoms with van der Waals surface area (Å²) in [6, 6.07) is 9.22. The Hall–Kier alpha value is -3.46. The van der Waals surface area contributed by atoms with Crippen LogP contribution in [-0.4, -0.2) is 52.9 Å². The van der Waals surface area contributed by atoms with Gasteiger partial charge in [-0.15, -0.1) is 0 Å². The number of hydrogen-bond acceptors (Lipinski definition) is 7. The van der Waals surface area contributed by atoms with Crippen LogP contribution in [0.3, 0.4) is 0 Å². The molecular formula is C21H20N2O6S. The quantitative estimate of drug-likeness (QED) is 0.675. The molecule has 2 aromatic rings. The van der Waals surface area contributed by atoms with Crippen LogP contribution in [0.4, 0.5) is 5.69 Å². The van der Waals surface area contributed by atoms with Crippen molar-refractivity contribution in [1.82, 2.24) is 4.90 Å². The lowest BCUT2D eigenvalue weighted by molar-refractivity contribution is -0.122. The van der Waals surface area contributed by atoms with E-state index in [1.807, 2.05) is 0 Å². The van der Waals surface area contributed by atoms with Crippen LogP contribution in [-0.2, 0) is 4.79 Å². The van der Waals surface area contributed by atoms with Crippen LogP contribution < -0.4 is 9.47 Å². The van der Waals surface area contributed by atoms with Gasteiger partial charge in [0.05, 0.1) is 30.4 Å². The van der Waals surface area contributed by atoms with Crippen molar-refractivity contribution < 1.29 is 29.3 Å². The molecule has 0 spiro atoms. The summed E-state index contributed by atoms with van der Waals surface area (Å²) in [5, 5.41) is 19.3. The van der Waals surface area contributed by atoms with Gasteiger partial charge in [-0.1, -0.05) is 12.1 Å². The first kappa shape index (κ1) is 21.3. The third-order valence-corrected chi connectivity index (χ3v) is 5.36. The van der Waals surface area contributed by atoms with Crippen molar-refractivity contribution in [2.45, 2.75) is 6.92 Å².